The van der Waals surface area contributed by atoms with E-state index in [-0.39, 0.29) is 0 Å². The molecule has 1 aliphatic carbocycles. The zero-order valence-electron chi connectivity index (χ0n) is 8.69. The number of nitrogens with one attached hydrogen (secondary N) is 2. The molecule has 13 heavy (non-hydrogen) atoms. The summed E-state index contributed by atoms with van der Waals surface area (Å²) < 4.78 is 0. The van der Waals surface area contributed by atoms with Gasteiger partial charge in [-0.2, -0.15) is 0 Å². The van der Waals surface area contributed by atoms with Crippen molar-refractivity contribution in [2.75, 3.05) is 20.6 Å². The minimum absolute atomic E-state index is 1.04. The summed E-state index contributed by atoms with van der Waals surface area (Å²) >= 11 is 0. The van der Waals surface area contributed by atoms with E-state index in [1.165, 1.54) is 25.0 Å². The minimum Gasteiger partial charge on any atom is -0.391 e. The summed E-state index contributed by atoms with van der Waals surface area (Å²) in [5, 5.41) is 6.44. The maximum absolute atomic E-state index is 3.23. The fourth-order valence-electron chi connectivity index (χ4n) is 1.64. The van der Waals surface area contributed by atoms with Crippen LogP contribution in [0.25, 0.3) is 0 Å². The van der Waals surface area contributed by atoms with Crippen molar-refractivity contribution in [3.05, 3.63) is 23.4 Å². The van der Waals surface area contributed by atoms with E-state index in [1.807, 2.05) is 14.1 Å². The van der Waals surface area contributed by atoms with Gasteiger partial charge in [-0.15, -0.1) is 0 Å². The summed E-state index contributed by atoms with van der Waals surface area (Å²) in [4.78, 5) is 0. The number of hydrogen-bond acceptors (Lipinski definition) is 2. The molecule has 0 aliphatic heterocycles. The van der Waals surface area contributed by atoms with Crippen LogP contribution in [0.2, 0.25) is 0 Å². The molecular weight excluding hydrogens is 160 g/mol. The normalized spacial score (nSPS) is 26.3. The molecule has 1 rings (SSSR count). The van der Waals surface area contributed by atoms with Gasteiger partial charge in [-0.25, -0.2) is 0 Å². The van der Waals surface area contributed by atoms with Crippen molar-refractivity contribution in [3.8, 4) is 0 Å². The van der Waals surface area contributed by atoms with Crippen LogP contribution < -0.4 is 10.6 Å². The van der Waals surface area contributed by atoms with Crippen LogP contribution in [0.5, 0.6) is 0 Å². The number of hydrogen-bond donors (Lipinski definition) is 2. The molecule has 0 aromatic heterocycles. The van der Waals surface area contributed by atoms with Gasteiger partial charge in [0.2, 0.25) is 0 Å². The van der Waals surface area contributed by atoms with Crippen LogP contribution in [0.1, 0.15) is 25.7 Å². The van der Waals surface area contributed by atoms with Crippen LogP contribution in [-0.2, 0) is 0 Å². The van der Waals surface area contributed by atoms with Gasteiger partial charge >= 0.3 is 0 Å². The maximum Gasteiger partial charge on any atom is 0.0161 e. The van der Waals surface area contributed by atoms with E-state index in [1.54, 1.807) is 5.57 Å². The zero-order valence-corrected chi connectivity index (χ0v) is 8.69. The van der Waals surface area contributed by atoms with E-state index in [2.05, 4.69) is 22.8 Å². The van der Waals surface area contributed by atoms with Crippen LogP contribution in [0.4, 0.5) is 0 Å². The van der Waals surface area contributed by atoms with Crippen molar-refractivity contribution in [3.63, 3.8) is 0 Å². The molecule has 0 saturated heterocycles. The molecule has 0 fully saturated rings. The van der Waals surface area contributed by atoms with Gasteiger partial charge in [-0.3, -0.25) is 0 Å². The van der Waals surface area contributed by atoms with Crippen LogP contribution in [-0.4, -0.2) is 20.6 Å². The first-order valence-electron chi connectivity index (χ1n) is 5.06. The van der Waals surface area contributed by atoms with Crippen molar-refractivity contribution in [2.24, 2.45) is 0 Å². The van der Waals surface area contributed by atoms with Gasteiger partial charge < -0.3 is 10.6 Å². The highest BCUT2D eigenvalue weighted by Gasteiger charge is 2.01. The van der Waals surface area contributed by atoms with E-state index in [0.717, 1.165) is 13.0 Å². The van der Waals surface area contributed by atoms with Crippen LogP contribution in [0, 0.1) is 0 Å². The average molecular weight is 180 g/mol. The Balaban J connectivity index is 2.52. The molecule has 0 spiro atoms. The molecule has 0 radical (unpaired) electrons. The Labute approximate surface area is 81.1 Å². The van der Waals surface area contributed by atoms with Crippen molar-refractivity contribution in [2.45, 2.75) is 25.7 Å². The smallest absolute Gasteiger partial charge is 0.0161 e. The van der Waals surface area contributed by atoms with E-state index in [4.69, 9.17) is 0 Å². The van der Waals surface area contributed by atoms with Crippen molar-refractivity contribution < 1.29 is 0 Å². The molecule has 1 aliphatic rings. The SMILES string of the molecule is CNC/C1=C\C/C(NC)=C\CCC1. The molecular formula is C11H20N2. The highest BCUT2D eigenvalue weighted by Crippen LogP contribution is 2.14. The van der Waals surface area contributed by atoms with E-state index < -0.39 is 0 Å². The molecule has 0 heterocycles. The van der Waals surface area contributed by atoms with Crippen molar-refractivity contribution in [1.82, 2.24) is 10.6 Å². The average Bonchev–Trinajstić information content (AvgIpc) is 2.11. The first kappa shape index (κ1) is 10.3. The quantitative estimate of drug-likeness (QED) is 0.647. The molecule has 0 unspecified atom stereocenters. The zero-order chi connectivity index (χ0) is 9.52. The number of rotatable bonds is 3. The van der Waals surface area contributed by atoms with Crippen LogP contribution >= 0.6 is 0 Å². The van der Waals surface area contributed by atoms with Gasteiger partial charge in [-0.05, 0) is 26.3 Å². The molecule has 0 bridgehead atoms. The lowest BCUT2D eigenvalue weighted by Gasteiger charge is -2.12. The standard InChI is InChI=1S/C11H20N2/c1-12-9-10-5-3-4-6-11(13-2)8-7-10/h6-7,12-13H,3-5,8-9H2,1-2H3/b10-7-,11-6+. The molecule has 0 amide bonds. The third kappa shape index (κ3) is 3.64. The largest absolute Gasteiger partial charge is 0.391 e. The number of allylic oxidation sites excluding steroid dienone is 2. The third-order valence-electron chi connectivity index (χ3n) is 2.43. The van der Waals surface area contributed by atoms with E-state index >= 15 is 0 Å². The minimum atomic E-state index is 1.04. The second-order valence-electron chi connectivity index (χ2n) is 3.47. The molecule has 0 aromatic rings. The number of likely N-dealkylation sites (N-methyl/N-ethyl adjacent to an activating group) is 1. The van der Waals surface area contributed by atoms with Crippen molar-refractivity contribution in [1.29, 1.82) is 0 Å². The summed E-state index contributed by atoms with van der Waals surface area (Å²) in [5.41, 5.74) is 2.90. The Bertz CT molecular complexity index is 204. The second-order valence-corrected chi connectivity index (χ2v) is 3.47. The fourth-order valence-corrected chi connectivity index (χ4v) is 1.64. The van der Waals surface area contributed by atoms with E-state index in [0.29, 0.717) is 0 Å². The van der Waals surface area contributed by atoms with Gasteiger partial charge in [0.1, 0.15) is 0 Å². The summed E-state index contributed by atoms with van der Waals surface area (Å²) in [6, 6.07) is 0. The Morgan fingerprint density at radius 2 is 2.15 bits per heavy atom. The first-order valence-corrected chi connectivity index (χ1v) is 5.06. The third-order valence-corrected chi connectivity index (χ3v) is 2.43. The molecule has 2 heteroatoms. The summed E-state index contributed by atoms with van der Waals surface area (Å²) in [5.74, 6) is 0. The lowest BCUT2D eigenvalue weighted by atomic mass is 10.0. The Kier molecular flexibility index (Phi) is 4.61. The Morgan fingerprint density at radius 1 is 1.31 bits per heavy atom. The van der Waals surface area contributed by atoms with Crippen LogP contribution in [0.15, 0.2) is 23.4 Å². The summed E-state index contributed by atoms with van der Waals surface area (Å²) in [7, 11) is 4.01. The van der Waals surface area contributed by atoms with Gasteiger partial charge in [0.25, 0.3) is 0 Å². The van der Waals surface area contributed by atoms with Gasteiger partial charge in [0.05, 0.1) is 0 Å². The van der Waals surface area contributed by atoms with Crippen molar-refractivity contribution >= 4 is 0 Å². The monoisotopic (exact) mass is 180 g/mol. The van der Waals surface area contributed by atoms with Crippen LogP contribution in [0.3, 0.4) is 0 Å². The lowest BCUT2D eigenvalue weighted by molar-refractivity contribution is 0.744. The fraction of sp³-hybridized carbons (Fsp3) is 0.636. The highest BCUT2D eigenvalue weighted by molar-refractivity contribution is 5.14. The Hall–Kier alpha value is -0.760. The summed E-state index contributed by atoms with van der Waals surface area (Å²) in [6.45, 7) is 1.04. The van der Waals surface area contributed by atoms with E-state index in [9.17, 15) is 0 Å². The van der Waals surface area contributed by atoms with Gasteiger partial charge in [0, 0.05) is 25.7 Å². The molecule has 2 nitrogen and oxygen atoms in total. The molecule has 74 valence electrons. The highest BCUT2D eigenvalue weighted by atomic mass is 14.8. The predicted octanol–water partition coefficient (Wildman–Crippen LogP) is 1.81. The summed E-state index contributed by atoms with van der Waals surface area (Å²) in [6.07, 6.45) is 9.45. The topological polar surface area (TPSA) is 24.1 Å². The van der Waals surface area contributed by atoms with Gasteiger partial charge in [-0.1, -0.05) is 17.7 Å². The van der Waals surface area contributed by atoms with Gasteiger partial charge in [0.15, 0.2) is 0 Å². The Morgan fingerprint density at radius 3 is 2.85 bits per heavy atom. The lowest BCUT2D eigenvalue weighted by Crippen LogP contribution is -2.12. The predicted molar refractivity (Wildman–Crippen MR) is 57.6 cm³/mol. The molecule has 2 N–H and O–H groups in total. The molecule has 0 atom stereocenters. The molecule has 0 aromatic carbocycles. The molecule has 0 saturated carbocycles. The first-order chi connectivity index (χ1) is 6.36. The second kappa shape index (κ2) is 5.81. The maximum atomic E-state index is 3.23.